The molecule has 3 nitrogen and oxygen atoms in total. The van der Waals surface area contributed by atoms with E-state index in [1.807, 2.05) is 12.3 Å². The summed E-state index contributed by atoms with van der Waals surface area (Å²) in [4.78, 5) is 0. The van der Waals surface area contributed by atoms with Crippen LogP contribution in [0.25, 0.3) is 0 Å². The average Bonchev–Trinajstić information content (AvgIpc) is 2.77. The summed E-state index contributed by atoms with van der Waals surface area (Å²) < 4.78 is 0. The first kappa shape index (κ1) is 10.9. The molecule has 0 saturated heterocycles. The number of aromatic amines is 1. The van der Waals surface area contributed by atoms with Gasteiger partial charge in [-0.2, -0.15) is 0 Å². The molecule has 0 atom stereocenters. The van der Waals surface area contributed by atoms with Crippen molar-refractivity contribution in [2.75, 3.05) is 0 Å². The molecule has 16 heavy (non-hydrogen) atoms. The summed E-state index contributed by atoms with van der Waals surface area (Å²) in [7, 11) is 0. The molecule has 0 amide bonds. The maximum Gasteiger partial charge on any atom is 0.0824 e. The van der Waals surface area contributed by atoms with E-state index in [0.717, 1.165) is 25.0 Å². The van der Waals surface area contributed by atoms with E-state index in [-0.39, 0.29) is 0 Å². The molecule has 1 heterocycles. The Morgan fingerprint density at radius 3 is 2.94 bits per heavy atom. The van der Waals surface area contributed by atoms with Crippen LogP contribution in [0.5, 0.6) is 0 Å². The van der Waals surface area contributed by atoms with E-state index in [1.54, 1.807) is 0 Å². The molecule has 1 aromatic heterocycles. The number of rotatable bonds is 5. The van der Waals surface area contributed by atoms with Gasteiger partial charge in [-0.25, -0.2) is 0 Å². The zero-order chi connectivity index (χ0) is 11.2. The molecule has 0 aliphatic heterocycles. The number of benzene rings is 1. The molecule has 2 aromatic rings. The molecule has 1 radical (unpaired) electrons. The Morgan fingerprint density at radius 2 is 2.19 bits per heavy atom. The van der Waals surface area contributed by atoms with Crippen LogP contribution in [0.3, 0.4) is 0 Å². The Bertz CT molecular complexity index is 421. The van der Waals surface area contributed by atoms with Crippen molar-refractivity contribution < 1.29 is 0 Å². The predicted molar refractivity (Wildman–Crippen MR) is 63.0 cm³/mol. The molecular formula is C13H16N3. The second kappa shape index (κ2) is 5.45. The van der Waals surface area contributed by atoms with E-state index in [1.165, 1.54) is 17.5 Å². The van der Waals surface area contributed by atoms with Gasteiger partial charge < -0.3 is 0 Å². The van der Waals surface area contributed by atoms with Crippen LogP contribution < -0.4 is 0 Å². The van der Waals surface area contributed by atoms with Crippen LogP contribution in [-0.2, 0) is 12.8 Å². The summed E-state index contributed by atoms with van der Waals surface area (Å²) in [5.74, 6) is 0. The molecule has 1 aromatic carbocycles. The summed E-state index contributed by atoms with van der Waals surface area (Å²) in [6, 6.07) is 9.51. The highest BCUT2D eigenvalue weighted by atomic mass is 15.3. The van der Waals surface area contributed by atoms with Gasteiger partial charge >= 0.3 is 0 Å². The Balaban J connectivity index is 1.72. The Morgan fingerprint density at radius 1 is 1.31 bits per heavy atom. The predicted octanol–water partition coefficient (Wildman–Crippen LogP) is 2.48. The van der Waals surface area contributed by atoms with E-state index in [0.29, 0.717) is 0 Å². The van der Waals surface area contributed by atoms with Crippen molar-refractivity contribution in [3.05, 3.63) is 47.3 Å². The van der Waals surface area contributed by atoms with Gasteiger partial charge in [0.05, 0.1) is 5.69 Å². The number of hydrogen-bond donors (Lipinski definition) is 1. The molecule has 1 N–H and O–H groups in total. The second-order valence-electron chi connectivity index (χ2n) is 4.05. The number of H-pyrrole nitrogens is 1. The number of unbranched alkanes of at least 4 members (excludes halogenated alkanes) is 1. The van der Waals surface area contributed by atoms with Gasteiger partial charge in [-0.1, -0.05) is 23.4 Å². The van der Waals surface area contributed by atoms with Crippen LogP contribution in [-0.4, -0.2) is 15.4 Å². The lowest BCUT2D eigenvalue weighted by molar-refractivity contribution is 0.719. The van der Waals surface area contributed by atoms with Crippen LogP contribution >= 0.6 is 0 Å². The molecule has 2 rings (SSSR count). The van der Waals surface area contributed by atoms with Crippen LogP contribution in [0.4, 0.5) is 0 Å². The summed E-state index contributed by atoms with van der Waals surface area (Å²) in [6.07, 6.45) is 6.35. The Kier molecular flexibility index (Phi) is 3.70. The third kappa shape index (κ3) is 3.19. The van der Waals surface area contributed by atoms with Gasteiger partial charge in [-0.3, -0.25) is 5.10 Å². The first-order chi connectivity index (χ1) is 7.84. The lowest BCUT2D eigenvalue weighted by Crippen LogP contribution is -1.90. The fraction of sp³-hybridized carbons (Fsp3) is 0.385. The summed E-state index contributed by atoms with van der Waals surface area (Å²) in [5, 5.41) is 10.4. The molecular weight excluding hydrogens is 198 g/mol. The topological polar surface area (TPSA) is 41.6 Å². The third-order valence-corrected chi connectivity index (χ3v) is 2.63. The van der Waals surface area contributed by atoms with Gasteiger partial charge in [0.15, 0.2) is 0 Å². The largest absolute Gasteiger partial charge is 0.265 e. The second-order valence-corrected chi connectivity index (χ2v) is 4.05. The first-order valence-electron chi connectivity index (χ1n) is 5.67. The minimum Gasteiger partial charge on any atom is -0.265 e. The number of aromatic nitrogens is 3. The maximum absolute atomic E-state index is 3.96. The van der Waals surface area contributed by atoms with Crippen molar-refractivity contribution in [3.63, 3.8) is 0 Å². The zero-order valence-electron chi connectivity index (χ0n) is 9.53. The molecule has 83 valence electrons. The van der Waals surface area contributed by atoms with Gasteiger partial charge in [0, 0.05) is 6.20 Å². The summed E-state index contributed by atoms with van der Waals surface area (Å²) in [6.45, 7) is 2.08. The minimum atomic E-state index is 1.01. The molecule has 0 spiro atoms. The number of aryl methyl sites for hydroxylation is 3. The highest BCUT2D eigenvalue weighted by molar-refractivity contribution is 5.21. The molecule has 0 aliphatic rings. The quantitative estimate of drug-likeness (QED) is 0.777. The van der Waals surface area contributed by atoms with Crippen LogP contribution in [0.2, 0.25) is 0 Å². The summed E-state index contributed by atoms with van der Waals surface area (Å²) >= 11 is 0. The van der Waals surface area contributed by atoms with Gasteiger partial charge in [0.2, 0.25) is 0 Å². The fourth-order valence-corrected chi connectivity index (χ4v) is 1.79. The van der Waals surface area contributed by atoms with Gasteiger partial charge in [-0.15, -0.1) is 5.10 Å². The smallest absolute Gasteiger partial charge is 0.0824 e. The van der Waals surface area contributed by atoms with Crippen molar-refractivity contribution in [3.8, 4) is 0 Å². The standard InChI is InChI=1S/C13H16N3/c1-11-5-4-7-12(9-11)6-2-3-8-13-10-14-16-15-13/h4,7,9-10H,2-3,6,8H2,1H3,(H,14,15,16). The molecule has 0 saturated carbocycles. The number of nitrogens with one attached hydrogen (secondary N) is 1. The molecule has 0 unspecified atom stereocenters. The average molecular weight is 214 g/mol. The van der Waals surface area contributed by atoms with Crippen molar-refractivity contribution in [1.29, 1.82) is 0 Å². The lowest BCUT2D eigenvalue weighted by Gasteiger charge is -2.01. The highest BCUT2D eigenvalue weighted by Gasteiger charge is 1.97. The first-order valence-corrected chi connectivity index (χ1v) is 5.67. The monoisotopic (exact) mass is 214 g/mol. The van der Waals surface area contributed by atoms with E-state index >= 15 is 0 Å². The van der Waals surface area contributed by atoms with Crippen molar-refractivity contribution in [1.82, 2.24) is 15.4 Å². The van der Waals surface area contributed by atoms with E-state index < -0.39 is 0 Å². The van der Waals surface area contributed by atoms with Crippen LogP contribution in [0.1, 0.15) is 29.7 Å². The van der Waals surface area contributed by atoms with E-state index in [4.69, 9.17) is 0 Å². The van der Waals surface area contributed by atoms with Gasteiger partial charge in [-0.05, 0) is 49.8 Å². The van der Waals surface area contributed by atoms with Crippen LogP contribution in [0, 0.1) is 13.0 Å². The minimum absolute atomic E-state index is 1.01. The molecule has 3 heteroatoms. The molecule has 0 aliphatic carbocycles. The van der Waals surface area contributed by atoms with Crippen LogP contribution in [0.15, 0.2) is 24.4 Å². The van der Waals surface area contributed by atoms with Gasteiger partial charge in [0.25, 0.3) is 0 Å². The van der Waals surface area contributed by atoms with Crippen molar-refractivity contribution in [2.45, 2.75) is 32.6 Å². The fourth-order valence-electron chi connectivity index (χ4n) is 1.79. The number of nitrogens with zero attached hydrogens (tertiary/aromatic N) is 2. The van der Waals surface area contributed by atoms with Crippen molar-refractivity contribution >= 4 is 0 Å². The SMILES string of the molecule is Cc1[c]ccc(CCCCc2c[nH]nn2)c1. The van der Waals surface area contributed by atoms with Gasteiger partial charge in [0.1, 0.15) is 0 Å². The molecule has 0 fully saturated rings. The summed E-state index contributed by atoms with van der Waals surface area (Å²) in [5.41, 5.74) is 3.67. The maximum atomic E-state index is 3.96. The van der Waals surface area contributed by atoms with E-state index in [9.17, 15) is 0 Å². The lowest BCUT2D eigenvalue weighted by atomic mass is 10.0. The highest BCUT2D eigenvalue weighted by Crippen LogP contribution is 2.08. The molecule has 0 bridgehead atoms. The third-order valence-electron chi connectivity index (χ3n) is 2.63. The Labute approximate surface area is 95.9 Å². The Hall–Kier alpha value is -1.64. The van der Waals surface area contributed by atoms with Crippen molar-refractivity contribution in [2.24, 2.45) is 0 Å². The van der Waals surface area contributed by atoms with E-state index in [2.05, 4.69) is 40.5 Å². The normalized spacial score (nSPS) is 10.6. The zero-order valence-corrected chi connectivity index (χ0v) is 9.53. The number of hydrogen-bond acceptors (Lipinski definition) is 2.